The van der Waals surface area contributed by atoms with Crippen LogP contribution in [0.5, 0.6) is 11.5 Å². The average Bonchev–Trinajstić information content (AvgIpc) is 3.68. The van der Waals surface area contributed by atoms with Gasteiger partial charge in [-0.25, -0.2) is 4.68 Å². The van der Waals surface area contributed by atoms with Crippen molar-refractivity contribution >= 4 is 5.91 Å². The maximum absolute atomic E-state index is 12.7. The number of nitrogens with zero attached hydrogens (tertiary/aromatic N) is 6. The molecule has 1 fully saturated rings. The summed E-state index contributed by atoms with van der Waals surface area (Å²) in [5.74, 6) is 2.51. The van der Waals surface area contributed by atoms with Gasteiger partial charge in [0.15, 0.2) is 23.1 Å². The highest BCUT2D eigenvalue weighted by atomic mass is 16.7. The number of hydrogen-bond acceptors (Lipinski definition) is 8. The van der Waals surface area contributed by atoms with Gasteiger partial charge in [-0.1, -0.05) is 36.4 Å². The zero-order valence-electron chi connectivity index (χ0n) is 19.0. The summed E-state index contributed by atoms with van der Waals surface area (Å²) in [5.41, 5.74) is 2.11. The Morgan fingerprint density at radius 1 is 0.943 bits per heavy atom. The first-order chi connectivity index (χ1) is 17.3. The number of tetrazole rings is 1. The molecule has 0 saturated carbocycles. The summed E-state index contributed by atoms with van der Waals surface area (Å²) in [6, 6.07) is 19.4. The summed E-state index contributed by atoms with van der Waals surface area (Å²) in [6.45, 7) is 3.28. The number of piperazine rings is 1. The molecule has 2 aliphatic heterocycles. The van der Waals surface area contributed by atoms with Crippen molar-refractivity contribution in [2.75, 3.05) is 33.0 Å². The molecule has 0 radical (unpaired) electrons. The van der Waals surface area contributed by atoms with Crippen LogP contribution in [0.1, 0.15) is 33.5 Å². The van der Waals surface area contributed by atoms with Crippen LogP contribution in [-0.4, -0.2) is 68.9 Å². The topological polar surface area (TPSA) is 98.8 Å². The number of aromatic nitrogens is 4. The fourth-order valence-electron chi connectivity index (χ4n) is 4.63. The molecule has 2 aliphatic rings. The predicted octanol–water partition coefficient (Wildman–Crippen LogP) is 2.59. The molecule has 4 heterocycles. The van der Waals surface area contributed by atoms with Crippen LogP contribution in [0.25, 0.3) is 0 Å². The van der Waals surface area contributed by atoms with Crippen molar-refractivity contribution in [3.63, 3.8) is 0 Å². The second kappa shape index (κ2) is 9.22. The van der Waals surface area contributed by atoms with Gasteiger partial charge in [-0.15, -0.1) is 5.10 Å². The third-order valence-corrected chi connectivity index (χ3v) is 6.39. The molecule has 1 unspecified atom stereocenters. The van der Waals surface area contributed by atoms with Gasteiger partial charge in [-0.05, 0) is 45.8 Å². The molecule has 10 nitrogen and oxygen atoms in total. The van der Waals surface area contributed by atoms with E-state index in [2.05, 4.69) is 32.6 Å². The van der Waals surface area contributed by atoms with E-state index in [1.54, 1.807) is 12.1 Å². The van der Waals surface area contributed by atoms with Gasteiger partial charge in [-0.3, -0.25) is 9.69 Å². The van der Waals surface area contributed by atoms with Crippen molar-refractivity contribution in [2.45, 2.75) is 12.6 Å². The number of benzene rings is 2. The maximum Gasteiger partial charge on any atom is 0.289 e. The number of carbonyl (C=O) groups excluding carboxylic acids is 1. The fourth-order valence-corrected chi connectivity index (χ4v) is 4.63. The lowest BCUT2D eigenvalue weighted by atomic mass is 10.0. The summed E-state index contributed by atoms with van der Waals surface area (Å²) in [5, 5.41) is 12.8. The van der Waals surface area contributed by atoms with Crippen LogP contribution in [-0.2, 0) is 6.54 Å². The van der Waals surface area contributed by atoms with Gasteiger partial charge < -0.3 is 18.8 Å². The molecule has 10 heteroatoms. The highest BCUT2D eigenvalue weighted by Crippen LogP contribution is 2.33. The Morgan fingerprint density at radius 2 is 1.77 bits per heavy atom. The number of furan rings is 1. The maximum atomic E-state index is 12.7. The van der Waals surface area contributed by atoms with Crippen molar-refractivity contribution in [1.29, 1.82) is 0 Å². The summed E-state index contributed by atoms with van der Waals surface area (Å²) in [6.07, 6.45) is 1.52. The lowest BCUT2D eigenvalue weighted by Gasteiger charge is -2.38. The molecule has 2 aromatic heterocycles. The lowest BCUT2D eigenvalue weighted by Crippen LogP contribution is -2.50. The average molecular weight is 473 g/mol. The van der Waals surface area contributed by atoms with Gasteiger partial charge in [0.05, 0.1) is 18.8 Å². The summed E-state index contributed by atoms with van der Waals surface area (Å²) in [4.78, 5) is 16.9. The minimum absolute atomic E-state index is 0.0847. The Hall–Kier alpha value is -4.18. The summed E-state index contributed by atoms with van der Waals surface area (Å²) >= 11 is 0. The minimum atomic E-state index is -0.152. The number of amides is 1. The molecule has 1 amide bonds. The molecule has 4 aromatic rings. The largest absolute Gasteiger partial charge is 0.459 e. The molecule has 178 valence electrons. The first-order valence-corrected chi connectivity index (χ1v) is 11.5. The molecule has 0 aliphatic carbocycles. The second-order valence-corrected chi connectivity index (χ2v) is 8.50. The van der Waals surface area contributed by atoms with Crippen molar-refractivity contribution in [2.24, 2.45) is 0 Å². The predicted molar refractivity (Wildman–Crippen MR) is 124 cm³/mol. The van der Waals surface area contributed by atoms with Gasteiger partial charge in [0.2, 0.25) is 6.79 Å². The Kier molecular flexibility index (Phi) is 5.63. The highest BCUT2D eigenvalue weighted by Gasteiger charge is 2.32. The monoisotopic (exact) mass is 472 g/mol. The summed E-state index contributed by atoms with van der Waals surface area (Å²) in [7, 11) is 0. The quantitative estimate of drug-likeness (QED) is 0.422. The zero-order valence-corrected chi connectivity index (χ0v) is 19.0. The Bertz CT molecular complexity index is 1300. The van der Waals surface area contributed by atoms with Crippen molar-refractivity contribution < 1.29 is 18.7 Å². The number of fused-ring (bicyclic) bond motifs is 1. The fraction of sp³-hybridized carbons (Fsp3) is 0.280. The highest BCUT2D eigenvalue weighted by molar-refractivity contribution is 5.91. The van der Waals surface area contributed by atoms with Gasteiger partial charge in [-0.2, -0.15) is 0 Å². The third-order valence-electron chi connectivity index (χ3n) is 6.39. The number of carbonyl (C=O) groups is 1. The van der Waals surface area contributed by atoms with Crippen LogP contribution >= 0.6 is 0 Å². The van der Waals surface area contributed by atoms with E-state index in [-0.39, 0.29) is 18.7 Å². The Morgan fingerprint density at radius 3 is 2.57 bits per heavy atom. The number of hydrogen-bond donors (Lipinski definition) is 0. The number of rotatable bonds is 6. The standard InChI is InChI=1S/C25H24N6O4/c32-25(21-7-4-14-33-21)30-12-10-29(11-13-30)23(19-5-2-1-3-6-19)24-26-27-28-31(24)16-18-8-9-20-22(15-18)35-17-34-20/h1-9,14-15,23H,10-13,16-17H2. The smallest absolute Gasteiger partial charge is 0.289 e. The molecular weight excluding hydrogens is 448 g/mol. The third kappa shape index (κ3) is 4.24. The van der Waals surface area contributed by atoms with E-state index < -0.39 is 0 Å². The molecule has 35 heavy (non-hydrogen) atoms. The lowest BCUT2D eigenvalue weighted by molar-refractivity contribution is 0.0559. The zero-order chi connectivity index (χ0) is 23.6. The van der Waals surface area contributed by atoms with Crippen molar-refractivity contribution in [3.8, 4) is 11.5 Å². The van der Waals surface area contributed by atoms with Gasteiger partial charge >= 0.3 is 0 Å². The van der Waals surface area contributed by atoms with E-state index in [1.807, 2.05) is 46.0 Å². The van der Waals surface area contributed by atoms with E-state index in [9.17, 15) is 4.79 Å². The van der Waals surface area contributed by atoms with Crippen LogP contribution in [0.2, 0.25) is 0 Å². The molecule has 6 rings (SSSR count). The molecule has 2 aromatic carbocycles. The van der Waals surface area contributed by atoms with Crippen LogP contribution in [0, 0.1) is 0 Å². The van der Waals surface area contributed by atoms with Gasteiger partial charge in [0, 0.05) is 26.2 Å². The molecule has 1 saturated heterocycles. The van der Waals surface area contributed by atoms with Crippen LogP contribution in [0.4, 0.5) is 0 Å². The van der Waals surface area contributed by atoms with Gasteiger partial charge in [0.1, 0.15) is 0 Å². The van der Waals surface area contributed by atoms with E-state index in [4.69, 9.17) is 13.9 Å². The Balaban J connectivity index is 1.25. The van der Waals surface area contributed by atoms with E-state index in [1.165, 1.54) is 6.26 Å². The molecule has 1 atom stereocenters. The minimum Gasteiger partial charge on any atom is -0.459 e. The Labute approximate surface area is 201 Å². The summed E-state index contributed by atoms with van der Waals surface area (Å²) < 4.78 is 18.1. The first kappa shape index (κ1) is 21.4. The van der Waals surface area contributed by atoms with E-state index in [0.29, 0.717) is 38.5 Å². The van der Waals surface area contributed by atoms with E-state index >= 15 is 0 Å². The molecular formula is C25H24N6O4. The number of ether oxygens (including phenoxy) is 2. The van der Waals surface area contributed by atoms with Crippen LogP contribution < -0.4 is 9.47 Å². The van der Waals surface area contributed by atoms with Crippen LogP contribution in [0.3, 0.4) is 0 Å². The SMILES string of the molecule is O=C(c1ccco1)N1CCN(C(c2ccccc2)c2nnnn2Cc2ccc3c(c2)OCO3)CC1. The van der Waals surface area contributed by atoms with Crippen molar-refractivity contribution in [3.05, 3.63) is 89.6 Å². The molecule has 0 spiro atoms. The second-order valence-electron chi connectivity index (χ2n) is 8.50. The van der Waals surface area contributed by atoms with Gasteiger partial charge in [0.25, 0.3) is 5.91 Å². The first-order valence-electron chi connectivity index (χ1n) is 11.5. The molecule has 0 N–H and O–H groups in total. The molecule has 0 bridgehead atoms. The van der Waals surface area contributed by atoms with Crippen LogP contribution in [0.15, 0.2) is 71.3 Å². The van der Waals surface area contributed by atoms with Crippen molar-refractivity contribution in [1.82, 2.24) is 30.0 Å². The normalized spacial score (nSPS) is 16.4. The van der Waals surface area contributed by atoms with E-state index in [0.717, 1.165) is 28.5 Å².